The second-order valence-corrected chi connectivity index (χ2v) is 3.33. The van der Waals surface area contributed by atoms with Crippen molar-refractivity contribution in [3.05, 3.63) is 31.9 Å². The molecule has 1 aromatic rings. The minimum absolute atomic E-state index is 0.0898. The van der Waals surface area contributed by atoms with Crippen molar-refractivity contribution in [3.8, 4) is 11.5 Å². The van der Waals surface area contributed by atoms with Gasteiger partial charge < -0.3 is 10.2 Å². The minimum Gasteiger partial charge on any atom is -0.501 e. The molecule has 0 heterocycles. The summed E-state index contributed by atoms with van der Waals surface area (Å²) in [4.78, 5) is 28.9. The molecule has 12 heteroatoms. The molecule has 0 spiro atoms. The molecule has 0 radical (unpaired) electrons. The van der Waals surface area contributed by atoms with Crippen molar-refractivity contribution >= 4 is 17.2 Å². The molecule has 108 valence electrons. The van der Waals surface area contributed by atoms with Crippen LogP contribution in [0.25, 0.3) is 0 Å². The third kappa shape index (κ3) is 2.43. The molecule has 1 rings (SSSR count). The molecule has 0 unspecified atom stereocenters. The first kappa shape index (κ1) is 15.1. The summed E-state index contributed by atoms with van der Waals surface area (Å²) < 4.78 is 36.7. The van der Waals surface area contributed by atoms with Crippen molar-refractivity contribution in [2.45, 2.75) is 6.18 Å². The molecule has 9 nitrogen and oxygen atoms in total. The minimum atomic E-state index is -5.52. The quantitative estimate of drug-likeness (QED) is 0.490. The molecule has 0 aliphatic heterocycles. The van der Waals surface area contributed by atoms with Crippen LogP contribution in [0.2, 0.25) is 0 Å². The second kappa shape index (κ2) is 4.64. The van der Waals surface area contributed by atoms with Crippen molar-refractivity contribution < 1.29 is 38.0 Å². The molecule has 0 saturated carbocycles. The fourth-order valence-electron chi connectivity index (χ4n) is 1.27. The lowest BCUT2D eigenvalue weighted by Gasteiger charge is -2.08. The van der Waals surface area contributed by atoms with Crippen LogP contribution in [0.5, 0.6) is 11.5 Å². The summed E-state index contributed by atoms with van der Waals surface area (Å²) in [5, 5.41) is 39.4. The molecule has 0 aliphatic carbocycles. The van der Waals surface area contributed by atoms with E-state index in [-0.39, 0.29) is 6.07 Å². The Bertz CT molecular complexity index is 625. The second-order valence-electron chi connectivity index (χ2n) is 3.33. The smallest absolute Gasteiger partial charge is 0.455 e. The van der Waals surface area contributed by atoms with Gasteiger partial charge in [0.1, 0.15) is 0 Å². The average Bonchev–Trinajstić information content (AvgIpc) is 2.26. The largest absolute Gasteiger partial charge is 0.501 e. The molecule has 1 aromatic carbocycles. The van der Waals surface area contributed by atoms with Crippen LogP contribution in [0.3, 0.4) is 0 Å². The van der Waals surface area contributed by atoms with Crippen LogP contribution in [-0.4, -0.2) is 32.0 Å². The molecule has 0 amide bonds. The molecule has 0 bridgehead atoms. The number of aromatic hydroxyl groups is 2. The summed E-state index contributed by atoms with van der Waals surface area (Å²) in [5.74, 6) is -6.18. The Balaban J connectivity index is 3.75. The monoisotopic (exact) mass is 296 g/mol. The number of phenols is 2. The van der Waals surface area contributed by atoms with Gasteiger partial charge in [-0.05, 0) is 0 Å². The maximum Gasteiger partial charge on any atom is 0.455 e. The van der Waals surface area contributed by atoms with Gasteiger partial charge in [0.15, 0.2) is 0 Å². The Morgan fingerprint density at radius 1 is 1.10 bits per heavy atom. The number of nitro groups is 2. The number of carbonyl (C=O) groups excluding carboxylic acids is 1. The third-order valence-corrected chi connectivity index (χ3v) is 2.11. The van der Waals surface area contributed by atoms with Crippen molar-refractivity contribution in [1.29, 1.82) is 0 Å². The van der Waals surface area contributed by atoms with Gasteiger partial charge in [0.05, 0.1) is 15.4 Å². The van der Waals surface area contributed by atoms with E-state index < -0.39 is 50.2 Å². The van der Waals surface area contributed by atoms with Gasteiger partial charge >= 0.3 is 17.6 Å². The molecule has 0 atom stereocenters. The maximum absolute atomic E-state index is 12.2. The lowest BCUT2D eigenvalue weighted by molar-refractivity contribution is -0.396. The summed E-state index contributed by atoms with van der Waals surface area (Å²) in [7, 11) is 0. The summed E-state index contributed by atoms with van der Waals surface area (Å²) in [5.41, 5.74) is -4.97. The maximum atomic E-state index is 12.2. The van der Waals surface area contributed by atoms with Crippen LogP contribution in [0.15, 0.2) is 6.07 Å². The van der Waals surface area contributed by atoms with E-state index in [2.05, 4.69) is 0 Å². The van der Waals surface area contributed by atoms with Gasteiger partial charge in [-0.1, -0.05) is 0 Å². The Kier molecular flexibility index (Phi) is 3.51. The summed E-state index contributed by atoms with van der Waals surface area (Å²) >= 11 is 0. The highest BCUT2D eigenvalue weighted by molar-refractivity contribution is 6.04. The molecular formula is C8H3F3N2O7. The van der Waals surface area contributed by atoms with Crippen LogP contribution >= 0.6 is 0 Å². The fourth-order valence-corrected chi connectivity index (χ4v) is 1.27. The van der Waals surface area contributed by atoms with E-state index >= 15 is 0 Å². The first-order valence-corrected chi connectivity index (χ1v) is 4.47. The van der Waals surface area contributed by atoms with Gasteiger partial charge in [0.25, 0.3) is 11.5 Å². The van der Waals surface area contributed by atoms with Crippen LogP contribution in [0.1, 0.15) is 10.4 Å². The van der Waals surface area contributed by atoms with Crippen LogP contribution in [-0.2, 0) is 0 Å². The van der Waals surface area contributed by atoms with Crippen LogP contribution < -0.4 is 0 Å². The Morgan fingerprint density at radius 2 is 1.60 bits per heavy atom. The zero-order valence-corrected chi connectivity index (χ0v) is 9.04. The number of phenolic OH excluding ortho intramolecular Hbond substituents is 2. The number of alkyl halides is 3. The Morgan fingerprint density at radius 3 is 1.95 bits per heavy atom. The lowest BCUT2D eigenvalue weighted by atomic mass is 10.1. The highest BCUT2D eigenvalue weighted by Crippen LogP contribution is 2.45. The number of hydrogen-bond acceptors (Lipinski definition) is 7. The van der Waals surface area contributed by atoms with Crippen molar-refractivity contribution in [3.63, 3.8) is 0 Å². The van der Waals surface area contributed by atoms with Gasteiger partial charge in [0, 0.05) is 6.07 Å². The highest BCUT2D eigenvalue weighted by atomic mass is 19.4. The van der Waals surface area contributed by atoms with E-state index in [1.165, 1.54) is 0 Å². The topological polar surface area (TPSA) is 144 Å². The first-order valence-electron chi connectivity index (χ1n) is 4.47. The normalized spacial score (nSPS) is 11.2. The molecule has 20 heavy (non-hydrogen) atoms. The van der Waals surface area contributed by atoms with E-state index in [1.54, 1.807) is 0 Å². The van der Waals surface area contributed by atoms with Crippen molar-refractivity contribution in [2.24, 2.45) is 0 Å². The number of hydrogen-bond donors (Lipinski definition) is 2. The number of rotatable bonds is 3. The molecular weight excluding hydrogens is 293 g/mol. The highest BCUT2D eigenvalue weighted by Gasteiger charge is 2.44. The SMILES string of the molecule is O=C(c1cc([N+](=O)[O-])c(O)c([N+](=O)[O-])c1O)C(F)(F)F. The van der Waals surface area contributed by atoms with E-state index in [4.69, 9.17) is 0 Å². The molecule has 0 aromatic heterocycles. The van der Waals surface area contributed by atoms with E-state index in [9.17, 15) is 48.4 Å². The van der Waals surface area contributed by atoms with Gasteiger partial charge in [-0.3, -0.25) is 25.0 Å². The standard InChI is InChI=1S/C8H3F3N2O7/c9-8(10,11)7(16)2-1-3(12(17)18)6(15)4(5(2)14)13(19)20/h1,14-15H. The van der Waals surface area contributed by atoms with Crippen molar-refractivity contribution in [1.82, 2.24) is 0 Å². The molecule has 2 N–H and O–H groups in total. The number of carbonyl (C=O) groups is 1. The van der Waals surface area contributed by atoms with Crippen molar-refractivity contribution in [2.75, 3.05) is 0 Å². The van der Waals surface area contributed by atoms with E-state index in [1.807, 2.05) is 0 Å². The molecule has 0 saturated heterocycles. The number of halogens is 3. The summed E-state index contributed by atoms with van der Waals surface area (Å²) in [6.45, 7) is 0. The number of benzene rings is 1. The first-order chi connectivity index (χ1) is 8.98. The Hall–Kier alpha value is -2.92. The number of ketones is 1. The number of nitrogens with zero attached hydrogens (tertiary/aromatic N) is 2. The van der Waals surface area contributed by atoms with Gasteiger partial charge in [-0.25, -0.2) is 0 Å². The number of nitro benzene ring substituents is 2. The summed E-state index contributed by atoms with van der Waals surface area (Å²) in [6.07, 6.45) is -5.52. The molecule has 0 fully saturated rings. The number of Topliss-reactive ketones (excluding diaryl/α,β-unsaturated/α-hetero) is 1. The van der Waals surface area contributed by atoms with E-state index in [0.717, 1.165) is 0 Å². The predicted molar refractivity (Wildman–Crippen MR) is 53.5 cm³/mol. The predicted octanol–water partition coefficient (Wildman–Crippen LogP) is 1.66. The Labute approximate surface area is 106 Å². The zero-order valence-electron chi connectivity index (χ0n) is 9.04. The lowest BCUT2D eigenvalue weighted by Crippen LogP contribution is -2.23. The van der Waals surface area contributed by atoms with Crippen LogP contribution in [0.4, 0.5) is 24.5 Å². The summed E-state index contributed by atoms with van der Waals surface area (Å²) in [6, 6.07) is -0.0898. The third-order valence-electron chi connectivity index (χ3n) is 2.11. The van der Waals surface area contributed by atoms with Gasteiger partial charge in [-0.2, -0.15) is 13.2 Å². The van der Waals surface area contributed by atoms with E-state index in [0.29, 0.717) is 0 Å². The zero-order chi connectivity index (χ0) is 15.8. The fraction of sp³-hybridized carbons (Fsp3) is 0.125. The van der Waals surface area contributed by atoms with Crippen LogP contribution in [0, 0.1) is 20.2 Å². The van der Waals surface area contributed by atoms with Gasteiger partial charge in [0.2, 0.25) is 5.75 Å². The van der Waals surface area contributed by atoms with Gasteiger partial charge in [-0.15, -0.1) is 0 Å². The molecule has 0 aliphatic rings. The average molecular weight is 296 g/mol.